The van der Waals surface area contributed by atoms with E-state index >= 15 is 0 Å². The van der Waals surface area contributed by atoms with Crippen LogP contribution >= 0.6 is 0 Å². The Balaban J connectivity index is 2.28. The molecule has 3 atom stereocenters. The Hall–Kier alpha value is -1.44. The molecule has 0 aromatic heterocycles. The predicted octanol–water partition coefficient (Wildman–Crippen LogP) is 5.93. The number of aryl methyl sites for hydroxylation is 1. The molecule has 23 heavy (non-hydrogen) atoms. The topological polar surface area (TPSA) is 40.5 Å². The summed E-state index contributed by atoms with van der Waals surface area (Å²) < 4.78 is 0. The zero-order chi connectivity index (χ0) is 17.0. The van der Waals surface area contributed by atoms with Gasteiger partial charge in [0.15, 0.2) is 0 Å². The minimum atomic E-state index is 0.181. The summed E-state index contributed by atoms with van der Waals surface area (Å²) in [6.45, 7) is 10.7. The minimum absolute atomic E-state index is 0.181. The number of phenols is 2. The van der Waals surface area contributed by atoms with Crippen molar-refractivity contribution in [2.75, 3.05) is 0 Å². The number of hydrogen-bond donors (Lipinski definition) is 2. The van der Waals surface area contributed by atoms with Crippen molar-refractivity contribution in [3.8, 4) is 11.5 Å². The number of hydrogen-bond acceptors (Lipinski definition) is 2. The van der Waals surface area contributed by atoms with Crippen LogP contribution in [0.5, 0.6) is 11.5 Å². The summed E-state index contributed by atoms with van der Waals surface area (Å²) in [6, 6.07) is 3.72. The van der Waals surface area contributed by atoms with Gasteiger partial charge in [-0.3, -0.25) is 0 Å². The fraction of sp³-hybridized carbons (Fsp3) is 0.619. The zero-order valence-electron chi connectivity index (χ0n) is 14.9. The minimum Gasteiger partial charge on any atom is -0.508 e. The van der Waals surface area contributed by atoms with E-state index < -0.39 is 0 Å². The molecule has 128 valence electrons. The third kappa shape index (κ3) is 4.31. The molecule has 0 aliphatic heterocycles. The van der Waals surface area contributed by atoms with Crippen LogP contribution < -0.4 is 0 Å². The summed E-state index contributed by atoms with van der Waals surface area (Å²) in [4.78, 5) is 0. The van der Waals surface area contributed by atoms with Crippen LogP contribution in [0.3, 0.4) is 0 Å². The van der Waals surface area contributed by atoms with Crippen molar-refractivity contribution in [3.05, 3.63) is 35.4 Å². The number of phenolic OH excluding ortho intramolecular Hbond substituents is 2. The lowest BCUT2D eigenvalue weighted by Gasteiger charge is -2.36. The molecule has 1 aromatic carbocycles. The normalized spacial score (nSPS) is 24.6. The molecular formula is C21H32O2. The standard InChI is InChI=1S/C21H32O2/c1-5-6-7-8-16-12-19(22)21(20(23)13-16)18-11-15(4)9-10-17(18)14(2)3/h12-13,15,17-18,22-23H,2,5-11H2,1,3-4H3/t15-,17+,18-/m1/s1. The summed E-state index contributed by atoms with van der Waals surface area (Å²) in [5.74, 6) is 1.69. The van der Waals surface area contributed by atoms with Crippen LogP contribution in [0.4, 0.5) is 0 Å². The predicted molar refractivity (Wildman–Crippen MR) is 97.1 cm³/mol. The average molecular weight is 316 g/mol. The van der Waals surface area contributed by atoms with Gasteiger partial charge >= 0.3 is 0 Å². The van der Waals surface area contributed by atoms with Crippen LogP contribution in [-0.2, 0) is 6.42 Å². The van der Waals surface area contributed by atoms with Crippen molar-refractivity contribution in [1.29, 1.82) is 0 Å². The first-order chi connectivity index (χ1) is 10.9. The van der Waals surface area contributed by atoms with Gasteiger partial charge in [-0.15, -0.1) is 0 Å². The first kappa shape index (κ1) is 17.9. The fourth-order valence-electron chi connectivity index (χ4n) is 4.07. The maximum Gasteiger partial charge on any atom is 0.123 e. The summed E-state index contributed by atoms with van der Waals surface area (Å²) in [5.41, 5.74) is 2.93. The molecule has 0 unspecified atom stereocenters. The highest BCUT2D eigenvalue weighted by molar-refractivity contribution is 5.49. The molecule has 1 fully saturated rings. The molecule has 0 bridgehead atoms. The van der Waals surface area contributed by atoms with E-state index in [2.05, 4.69) is 27.4 Å². The molecule has 0 radical (unpaired) electrons. The largest absolute Gasteiger partial charge is 0.508 e. The third-order valence-corrected chi connectivity index (χ3v) is 5.38. The second-order valence-electron chi connectivity index (χ2n) is 7.48. The molecule has 1 aliphatic rings. The fourth-order valence-corrected chi connectivity index (χ4v) is 4.07. The van der Waals surface area contributed by atoms with E-state index in [9.17, 15) is 10.2 Å². The van der Waals surface area contributed by atoms with Crippen molar-refractivity contribution in [3.63, 3.8) is 0 Å². The molecule has 2 heteroatoms. The number of benzene rings is 1. The van der Waals surface area contributed by atoms with Gasteiger partial charge in [-0.05, 0) is 68.1 Å². The van der Waals surface area contributed by atoms with E-state index in [1.807, 2.05) is 12.1 Å². The second kappa shape index (κ2) is 7.90. The maximum absolute atomic E-state index is 10.6. The van der Waals surface area contributed by atoms with Gasteiger partial charge in [-0.25, -0.2) is 0 Å². The molecular weight excluding hydrogens is 284 g/mol. The number of allylic oxidation sites excluding steroid dienone is 1. The Kier molecular flexibility index (Phi) is 6.15. The van der Waals surface area contributed by atoms with Crippen LogP contribution in [0.15, 0.2) is 24.3 Å². The van der Waals surface area contributed by atoms with E-state index in [1.54, 1.807) is 0 Å². The number of rotatable bonds is 6. The van der Waals surface area contributed by atoms with Crippen molar-refractivity contribution in [2.45, 2.75) is 71.6 Å². The Labute approximate surface area is 141 Å². The van der Waals surface area contributed by atoms with Gasteiger partial charge in [-0.1, -0.05) is 45.3 Å². The van der Waals surface area contributed by atoms with Gasteiger partial charge in [0.2, 0.25) is 0 Å². The molecule has 0 spiro atoms. The highest BCUT2D eigenvalue weighted by Gasteiger charge is 2.33. The van der Waals surface area contributed by atoms with E-state index in [4.69, 9.17) is 0 Å². The molecule has 2 N–H and O–H groups in total. The van der Waals surface area contributed by atoms with Crippen LogP contribution in [-0.4, -0.2) is 10.2 Å². The molecule has 1 aromatic rings. The van der Waals surface area contributed by atoms with Crippen molar-refractivity contribution >= 4 is 0 Å². The Morgan fingerprint density at radius 2 is 1.83 bits per heavy atom. The molecule has 2 nitrogen and oxygen atoms in total. The molecule has 0 heterocycles. The Bertz CT molecular complexity index is 524. The van der Waals surface area contributed by atoms with Crippen molar-refractivity contribution in [1.82, 2.24) is 0 Å². The maximum atomic E-state index is 10.6. The summed E-state index contributed by atoms with van der Waals surface area (Å²) >= 11 is 0. The van der Waals surface area contributed by atoms with E-state index in [-0.39, 0.29) is 17.4 Å². The first-order valence-electron chi connectivity index (χ1n) is 9.14. The quantitative estimate of drug-likeness (QED) is 0.504. The molecule has 1 saturated carbocycles. The van der Waals surface area contributed by atoms with Gasteiger partial charge in [-0.2, -0.15) is 0 Å². The Morgan fingerprint density at radius 1 is 1.17 bits per heavy atom. The van der Waals surface area contributed by atoms with Crippen LogP contribution in [0.25, 0.3) is 0 Å². The van der Waals surface area contributed by atoms with Gasteiger partial charge in [0.05, 0.1) is 0 Å². The van der Waals surface area contributed by atoms with Gasteiger partial charge in [0.1, 0.15) is 11.5 Å². The van der Waals surface area contributed by atoms with Gasteiger partial charge in [0.25, 0.3) is 0 Å². The zero-order valence-corrected chi connectivity index (χ0v) is 14.9. The Morgan fingerprint density at radius 3 is 2.39 bits per heavy atom. The van der Waals surface area contributed by atoms with Gasteiger partial charge in [0, 0.05) is 5.56 Å². The third-order valence-electron chi connectivity index (χ3n) is 5.38. The monoisotopic (exact) mass is 316 g/mol. The van der Waals surface area contributed by atoms with Crippen LogP contribution in [0, 0.1) is 11.8 Å². The highest BCUT2D eigenvalue weighted by atomic mass is 16.3. The van der Waals surface area contributed by atoms with Crippen LogP contribution in [0.2, 0.25) is 0 Å². The second-order valence-corrected chi connectivity index (χ2v) is 7.48. The lowest BCUT2D eigenvalue weighted by atomic mass is 9.69. The van der Waals surface area contributed by atoms with E-state index in [1.165, 1.54) is 19.3 Å². The molecule has 0 saturated heterocycles. The molecule has 2 rings (SSSR count). The lowest BCUT2D eigenvalue weighted by molar-refractivity contribution is 0.267. The smallest absolute Gasteiger partial charge is 0.123 e. The summed E-state index contributed by atoms with van der Waals surface area (Å²) in [6.07, 6.45) is 7.68. The number of aromatic hydroxyl groups is 2. The van der Waals surface area contributed by atoms with Crippen molar-refractivity contribution < 1.29 is 10.2 Å². The average Bonchev–Trinajstić information content (AvgIpc) is 2.46. The molecule has 1 aliphatic carbocycles. The summed E-state index contributed by atoms with van der Waals surface area (Å²) in [5, 5.41) is 21.2. The first-order valence-corrected chi connectivity index (χ1v) is 9.14. The number of unbranched alkanes of at least 4 members (excludes halogenated alkanes) is 2. The van der Waals surface area contributed by atoms with Crippen LogP contribution in [0.1, 0.15) is 76.3 Å². The highest BCUT2D eigenvalue weighted by Crippen LogP contribution is 2.49. The van der Waals surface area contributed by atoms with Crippen molar-refractivity contribution in [2.24, 2.45) is 11.8 Å². The lowest BCUT2D eigenvalue weighted by Crippen LogP contribution is -2.23. The van der Waals surface area contributed by atoms with E-state index in [0.717, 1.165) is 42.4 Å². The molecule has 0 amide bonds. The summed E-state index contributed by atoms with van der Waals surface area (Å²) in [7, 11) is 0. The van der Waals surface area contributed by atoms with Gasteiger partial charge < -0.3 is 10.2 Å². The SMILES string of the molecule is C=C(C)[C@@H]1CC[C@@H](C)C[C@H]1c1c(O)cc(CCCCC)cc1O. The van der Waals surface area contributed by atoms with E-state index in [0.29, 0.717) is 11.8 Å².